The summed E-state index contributed by atoms with van der Waals surface area (Å²) >= 11 is 0. The number of alkyl halides is 3. The number of aromatic nitrogens is 2. The number of carbonyl (C=O) groups is 2. The minimum atomic E-state index is -4.88. The van der Waals surface area contributed by atoms with Crippen molar-refractivity contribution in [1.29, 1.82) is 0 Å². The normalized spacial score (nSPS) is 22.9. The number of carbonyl (C=O) groups excluding carboxylic acids is 2. The summed E-state index contributed by atoms with van der Waals surface area (Å²) in [6, 6.07) is 8.95. The van der Waals surface area contributed by atoms with Crippen LogP contribution in [-0.2, 0) is 16.1 Å². The zero-order valence-corrected chi connectivity index (χ0v) is 21.4. The van der Waals surface area contributed by atoms with Crippen molar-refractivity contribution in [3.63, 3.8) is 0 Å². The van der Waals surface area contributed by atoms with E-state index in [9.17, 15) is 22.8 Å². The molecule has 1 saturated heterocycles. The Morgan fingerprint density at radius 1 is 1.16 bits per heavy atom. The van der Waals surface area contributed by atoms with Crippen LogP contribution in [0.4, 0.5) is 13.2 Å². The van der Waals surface area contributed by atoms with Crippen LogP contribution in [0.5, 0.6) is 0 Å². The van der Waals surface area contributed by atoms with Crippen molar-refractivity contribution in [3.8, 4) is 0 Å². The van der Waals surface area contributed by atoms with Gasteiger partial charge in [0.15, 0.2) is 5.69 Å². The molecule has 1 amide bonds. The summed E-state index contributed by atoms with van der Waals surface area (Å²) in [4.78, 5) is 35.7. The first-order valence-corrected chi connectivity index (χ1v) is 12.9. The van der Waals surface area contributed by atoms with Gasteiger partial charge in [-0.1, -0.05) is 48.9 Å². The monoisotopic (exact) mass is 528 g/mol. The smallest absolute Gasteiger partial charge is 0.464 e. The lowest BCUT2D eigenvalue weighted by molar-refractivity contribution is -0.197. The third-order valence-corrected chi connectivity index (χ3v) is 7.96. The maximum Gasteiger partial charge on any atom is 0.471 e. The number of ether oxygens (including phenoxy) is 1. The van der Waals surface area contributed by atoms with E-state index in [2.05, 4.69) is 19.6 Å². The Labute approximate surface area is 219 Å². The molecule has 2 saturated carbocycles. The van der Waals surface area contributed by atoms with Crippen LogP contribution in [0.3, 0.4) is 0 Å². The summed E-state index contributed by atoms with van der Waals surface area (Å²) in [6.45, 7) is 4.02. The second-order valence-corrected chi connectivity index (χ2v) is 10.7. The molecule has 3 fully saturated rings. The molecule has 2 aliphatic carbocycles. The maximum atomic E-state index is 13.6. The molecule has 0 bridgehead atoms. The fourth-order valence-electron chi connectivity index (χ4n) is 6.14. The van der Waals surface area contributed by atoms with Crippen LogP contribution in [0.1, 0.15) is 54.4 Å². The van der Waals surface area contributed by atoms with Crippen molar-refractivity contribution in [2.24, 2.45) is 11.3 Å². The molecule has 2 atom stereocenters. The summed E-state index contributed by atoms with van der Waals surface area (Å²) in [5, 5.41) is 0. The summed E-state index contributed by atoms with van der Waals surface area (Å²) in [5.41, 5.74) is 2.88. The Kier molecular flexibility index (Phi) is 7.02. The van der Waals surface area contributed by atoms with E-state index >= 15 is 0 Å². The Balaban J connectivity index is 1.20. The number of likely N-dealkylation sites (tertiary alicyclic amines) is 1. The molecule has 1 aromatic carbocycles. The van der Waals surface area contributed by atoms with Gasteiger partial charge in [0.25, 0.3) is 0 Å². The second-order valence-electron chi connectivity index (χ2n) is 10.7. The van der Waals surface area contributed by atoms with E-state index in [1.807, 2.05) is 43.3 Å². The Morgan fingerprint density at radius 3 is 2.45 bits per heavy atom. The molecular formula is C28H31F3N4O3. The number of benzene rings is 1. The van der Waals surface area contributed by atoms with Crippen LogP contribution in [0.2, 0.25) is 0 Å². The molecule has 1 aromatic heterocycles. The number of nitrogens with zero attached hydrogens (tertiary/aromatic N) is 4. The van der Waals surface area contributed by atoms with Gasteiger partial charge in [-0.2, -0.15) is 13.2 Å². The predicted molar refractivity (Wildman–Crippen MR) is 134 cm³/mol. The summed E-state index contributed by atoms with van der Waals surface area (Å²) in [7, 11) is 1.28. The van der Waals surface area contributed by atoms with Gasteiger partial charge >= 0.3 is 18.1 Å². The number of halogens is 3. The van der Waals surface area contributed by atoms with Crippen molar-refractivity contribution >= 4 is 18.0 Å². The second kappa shape index (κ2) is 10.1. The summed E-state index contributed by atoms with van der Waals surface area (Å²) in [5.74, 6) is -2.30. The van der Waals surface area contributed by atoms with Gasteiger partial charge in [-0.25, -0.2) is 9.78 Å². The quantitative estimate of drug-likeness (QED) is 0.470. The van der Waals surface area contributed by atoms with E-state index < -0.39 is 30.1 Å². The minimum Gasteiger partial charge on any atom is -0.464 e. The van der Waals surface area contributed by atoms with E-state index in [-0.39, 0.29) is 17.0 Å². The molecule has 1 aliphatic heterocycles. The lowest BCUT2D eigenvalue weighted by atomic mass is 9.60. The van der Waals surface area contributed by atoms with Gasteiger partial charge in [-0.3, -0.25) is 14.7 Å². The molecular weight excluding hydrogens is 497 g/mol. The minimum absolute atomic E-state index is 0.0347. The molecule has 3 aliphatic rings. The average molecular weight is 529 g/mol. The number of esters is 1. The highest BCUT2D eigenvalue weighted by Crippen LogP contribution is 2.55. The van der Waals surface area contributed by atoms with Gasteiger partial charge in [-0.15, -0.1) is 0 Å². The number of rotatable bonds is 8. The SMILES string of the molecule is CC/C(=C\c1ccccc1)[C@@H]1C[C@H]1N(C(=O)C(F)(F)F)C1CC2(C1)CN(Cc1cnc(C(=O)OC)cn1)C2. The van der Waals surface area contributed by atoms with Crippen molar-refractivity contribution in [2.45, 2.75) is 57.4 Å². The van der Waals surface area contributed by atoms with E-state index in [1.165, 1.54) is 19.5 Å². The first kappa shape index (κ1) is 26.3. The van der Waals surface area contributed by atoms with Gasteiger partial charge in [0.1, 0.15) is 0 Å². The van der Waals surface area contributed by atoms with Crippen molar-refractivity contribution in [1.82, 2.24) is 19.8 Å². The van der Waals surface area contributed by atoms with Crippen LogP contribution in [0.25, 0.3) is 6.08 Å². The highest BCUT2D eigenvalue weighted by Gasteiger charge is 2.61. The van der Waals surface area contributed by atoms with Crippen molar-refractivity contribution < 1.29 is 27.5 Å². The molecule has 2 heterocycles. The third-order valence-electron chi connectivity index (χ3n) is 7.96. The number of hydrogen-bond donors (Lipinski definition) is 0. The van der Waals surface area contributed by atoms with Crippen LogP contribution in [-0.4, -0.2) is 70.1 Å². The number of methoxy groups -OCH3 is 1. The van der Waals surface area contributed by atoms with E-state index in [0.29, 0.717) is 31.5 Å². The number of hydrogen-bond acceptors (Lipinski definition) is 6. The average Bonchev–Trinajstić information content (AvgIpc) is 3.64. The Morgan fingerprint density at radius 2 is 1.87 bits per heavy atom. The van der Waals surface area contributed by atoms with Gasteiger partial charge < -0.3 is 9.64 Å². The third kappa shape index (κ3) is 5.32. The van der Waals surface area contributed by atoms with Crippen LogP contribution < -0.4 is 0 Å². The lowest BCUT2D eigenvalue weighted by Crippen LogP contribution is -2.67. The number of amides is 1. The standard InChI is InChI=1S/C28H31F3N4O3/c1-3-19(9-18-7-5-4-6-8-18)22-10-24(22)35(26(37)28(29,30)31)21-11-27(12-21)16-34(17-27)15-20-13-33-23(14-32-20)25(36)38-2/h4-9,13-14,21-22,24H,3,10-12,15-17H2,1-2H3/b19-9+/t22-,24+/m0/s1. The largest absolute Gasteiger partial charge is 0.471 e. The van der Waals surface area contributed by atoms with Crippen LogP contribution in [0.15, 0.2) is 48.3 Å². The zero-order valence-electron chi connectivity index (χ0n) is 21.4. The zero-order chi connectivity index (χ0) is 27.1. The van der Waals surface area contributed by atoms with Crippen LogP contribution >= 0.6 is 0 Å². The fraction of sp³-hybridized carbons (Fsp3) is 0.500. The first-order valence-electron chi connectivity index (χ1n) is 12.9. The maximum absolute atomic E-state index is 13.6. The van der Waals surface area contributed by atoms with E-state index in [0.717, 1.165) is 35.5 Å². The highest BCUT2D eigenvalue weighted by molar-refractivity contribution is 5.86. The predicted octanol–water partition coefficient (Wildman–Crippen LogP) is 4.50. The molecule has 10 heteroatoms. The lowest BCUT2D eigenvalue weighted by Gasteiger charge is -2.61. The summed E-state index contributed by atoms with van der Waals surface area (Å²) < 4.78 is 45.4. The molecule has 5 rings (SSSR count). The molecule has 0 N–H and O–H groups in total. The van der Waals surface area contributed by atoms with Crippen LogP contribution in [0, 0.1) is 11.3 Å². The Hall–Kier alpha value is -3.27. The first-order chi connectivity index (χ1) is 18.1. The molecule has 202 valence electrons. The highest BCUT2D eigenvalue weighted by atomic mass is 19.4. The fourth-order valence-corrected chi connectivity index (χ4v) is 6.14. The Bertz CT molecular complexity index is 1200. The molecule has 0 unspecified atom stereocenters. The van der Waals surface area contributed by atoms with Crippen molar-refractivity contribution in [3.05, 3.63) is 65.2 Å². The summed E-state index contributed by atoms with van der Waals surface area (Å²) in [6.07, 6.45) is 2.53. The van der Waals surface area contributed by atoms with E-state index in [1.54, 1.807) is 0 Å². The van der Waals surface area contributed by atoms with Gasteiger partial charge in [0, 0.05) is 37.6 Å². The van der Waals surface area contributed by atoms with Gasteiger partial charge in [0.2, 0.25) is 0 Å². The topological polar surface area (TPSA) is 75.6 Å². The molecule has 38 heavy (non-hydrogen) atoms. The molecule has 1 spiro atoms. The van der Waals surface area contributed by atoms with Gasteiger partial charge in [0.05, 0.1) is 25.2 Å². The molecule has 2 aromatic rings. The van der Waals surface area contributed by atoms with E-state index in [4.69, 9.17) is 0 Å². The van der Waals surface area contributed by atoms with Gasteiger partial charge in [-0.05, 0) is 36.7 Å². The van der Waals surface area contributed by atoms with Crippen molar-refractivity contribution in [2.75, 3.05) is 20.2 Å². The molecule has 0 radical (unpaired) electrons. The molecule has 7 nitrogen and oxygen atoms in total.